The molecule has 2 aromatic carbocycles. The van der Waals surface area contributed by atoms with Crippen LogP contribution in [0.1, 0.15) is 27.8 Å². The van der Waals surface area contributed by atoms with Crippen molar-refractivity contribution in [2.24, 2.45) is 0 Å². The minimum absolute atomic E-state index is 0.0379. The van der Waals surface area contributed by atoms with Gasteiger partial charge in [-0.25, -0.2) is 17.7 Å². The number of Topliss-reactive ketones (excluding diaryl/α,β-unsaturated/α-hetero) is 1. The molecule has 0 spiro atoms. The number of imidazole rings is 1. The zero-order valence-corrected chi connectivity index (χ0v) is 20.2. The van der Waals surface area contributed by atoms with Gasteiger partial charge in [0.2, 0.25) is 10.0 Å². The van der Waals surface area contributed by atoms with Crippen molar-refractivity contribution >= 4 is 27.4 Å². The maximum absolute atomic E-state index is 13.0. The van der Waals surface area contributed by atoms with Crippen LogP contribution in [0, 0.1) is 0 Å². The van der Waals surface area contributed by atoms with E-state index in [0.717, 1.165) is 9.99 Å². The number of amides is 1. The lowest BCUT2D eigenvalue weighted by Gasteiger charge is -2.35. The van der Waals surface area contributed by atoms with Crippen LogP contribution < -0.4 is 4.90 Å². The summed E-state index contributed by atoms with van der Waals surface area (Å²) in [4.78, 5) is 32.9. The molecule has 0 bridgehead atoms. The number of carbonyl (C=O) groups is 2. The van der Waals surface area contributed by atoms with E-state index in [4.69, 9.17) is 0 Å². The SMILES string of the molecule is CC(=O)c1ccc(N2CCN(C(=O)c3cn(-c4ccc(S(=O)(=O)N(C)C)cc4)cn3)CC2)cc1. The Balaban J connectivity index is 1.40. The molecule has 0 N–H and O–H groups in total. The predicted octanol–water partition coefficient (Wildman–Crippen LogP) is 2.29. The van der Waals surface area contributed by atoms with Gasteiger partial charge < -0.3 is 14.4 Å². The lowest BCUT2D eigenvalue weighted by atomic mass is 10.1. The first-order valence-electron chi connectivity index (χ1n) is 10.9. The van der Waals surface area contributed by atoms with Crippen molar-refractivity contribution in [2.75, 3.05) is 45.2 Å². The van der Waals surface area contributed by atoms with Crippen LogP contribution >= 0.6 is 0 Å². The summed E-state index contributed by atoms with van der Waals surface area (Å²) in [6, 6.07) is 14.0. The second-order valence-corrected chi connectivity index (χ2v) is 10.5. The Morgan fingerprint density at radius 2 is 1.47 bits per heavy atom. The standard InChI is InChI=1S/C24H27N5O4S/c1-18(30)19-4-6-20(7-5-19)27-12-14-28(15-13-27)24(31)23-16-29(17-25-23)21-8-10-22(11-9-21)34(32,33)26(2)3/h4-11,16-17H,12-15H2,1-3H3. The van der Waals surface area contributed by atoms with Crippen molar-refractivity contribution in [3.63, 3.8) is 0 Å². The molecule has 10 heteroatoms. The summed E-state index contributed by atoms with van der Waals surface area (Å²) in [6.07, 6.45) is 3.21. The molecule has 0 unspecified atom stereocenters. The van der Waals surface area contributed by atoms with E-state index in [1.54, 1.807) is 41.0 Å². The average molecular weight is 482 g/mol. The van der Waals surface area contributed by atoms with Crippen LogP contribution in [0.15, 0.2) is 66.0 Å². The number of benzene rings is 2. The number of anilines is 1. The smallest absolute Gasteiger partial charge is 0.274 e. The maximum Gasteiger partial charge on any atom is 0.274 e. The van der Waals surface area contributed by atoms with Crippen molar-refractivity contribution < 1.29 is 18.0 Å². The van der Waals surface area contributed by atoms with E-state index in [1.807, 2.05) is 24.3 Å². The summed E-state index contributed by atoms with van der Waals surface area (Å²) in [5.41, 5.74) is 2.76. The van der Waals surface area contributed by atoms with Gasteiger partial charge >= 0.3 is 0 Å². The number of nitrogens with zero attached hydrogens (tertiary/aromatic N) is 5. The van der Waals surface area contributed by atoms with Gasteiger partial charge in [0.1, 0.15) is 12.0 Å². The van der Waals surface area contributed by atoms with Crippen LogP contribution in [0.2, 0.25) is 0 Å². The number of piperazine rings is 1. The predicted molar refractivity (Wildman–Crippen MR) is 129 cm³/mol. The van der Waals surface area contributed by atoms with Gasteiger partial charge in [-0.15, -0.1) is 0 Å². The molecular formula is C24H27N5O4S. The van der Waals surface area contributed by atoms with Gasteiger partial charge in [-0.2, -0.15) is 0 Å². The molecule has 0 saturated carbocycles. The van der Waals surface area contributed by atoms with Crippen LogP contribution in [0.5, 0.6) is 0 Å². The highest BCUT2D eigenvalue weighted by atomic mass is 32.2. The molecule has 34 heavy (non-hydrogen) atoms. The van der Waals surface area contributed by atoms with E-state index in [2.05, 4.69) is 9.88 Å². The van der Waals surface area contributed by atoms with Gasteiger partial charge in [0.25, 0.3) is 5.91 Å². The molecule has 1 aliphatic rings. The van der Waals surface area contributed by atoms with E-state index in [0.29, 0.717) is 43.1 Å². The first kappa shape index (κ1) is 23.7. The maximum atomic E-state index is 13.0. The average Bonchev–Trinajstić information content (AvgIpc) is 3.34. The van der Waals surface area contributed by atoms with E-state index in [-0.39, 0.29) is 16.6 Å². The third-order valence-electron chi connectivity index (χ3n) is 5.92. The third kappa shape index (κ3) is 4.73. The molecule has 2 heterocycles. The summed E-state index contributed by atoms with van der Waals surface area (Å²) >= 11 is 0. The Morgan fingerprint density at radius 1 is 0.882 bits per heavy atom. The topological polar surface area (TPSA) is 95.8 Å². The van der Waals surface area contributed by atoms with E-state index >= 15 is 0 Å². The minimum atomic E-state index is -3.50. The first-order valence-corrected chi connectivity index (χ1v) is 12.3. The molecule has 178 valence electrons. The first-order chi connectivity index (χ1) is 16.2. The quantitative estimate of drug-likeness (QED) is 0.502. The molecule has 0 atom stereocenters. The Bertz CT molecular complexity index is 1290. The van der Waals surface area contributed by atoms with E-state index in [1.165, 1.54) is 26.2 Å². The van der Waals surface area contributed by atoms with Crippen molar-refractivity contribution in [3.8, 4) is 5.69 Å². The molecule has 0 radical (unpaired) electrons. The van der Waals surface area contributed by atoms with Gasteiger partial charge in [0, 0.05) is 63.4 Å². The summed E-state index contributed by atoms with van der Waals surface area (Å²) in [5, 5.41) is 0. The fourth-order valence-electron chi connectivity index (χ4n) is 3.81. The summed E-state index contributed by atoms with van der Waals surface area (Å²) in [6.45, 7) is 4.06. The lowest BCUT2D eigenvalue weighted by molar-refractivity contribution is 0.0741. The molecule has 3 aromatic rings. The lowest BCUT2D eigenvalue weighted by Crippen LogP contribution is -2.48. The Kier molecular flexibility index (Phi) is 6.54. The molecule has 9 nitrogen and oxygen atoms in total. The molecule has 1 fully saturated rings. The van der Waals surface area contributed by atoms with Gasteiger partial charge in [-0.3, -0.25) is 9.59 Å². The van der Waals surface area contributed by atoms with Crippen LogP contribution in [-0.4, -0.2) is 79.1 Å². The fourth-order valence-corrected chi connectivity index (χ4v) is 4.71. The Labute approximate surface area is 199 Å². The Morgan fingerprint density at radius 3 is 2.03 bits per heavy atom. The molecule has 4 rings (SSSR count). The largest absolute Gasteiger partial charge is 0.368 e. The van der Waals surface area contributed by atoms with Crippen molar-refractivity contribution in [1.82, 2.24) is 18.8 Å². The molecule has 1 amide bonds. The van der Waals surface area contributed by atoms with E-state index < -0.39 is 10.0 Å². The molecular weight excluding hydrogens is 454 g/mol. The van der Waals surface area contributed by atoms with Gasteiger partial charge in [0.15, 0.2) is 5.78 Å². The number of sulfonamides is 1. The zero-order valence-electron chi connectivity index (χ0n) is 19.4. The minimum Gasteiger partial charge on any atom is -0.368 e. The van der Waals surface area contributed by atoms with Gasteiger partial charge in [-0.05, 0) is 55.5 Å². The summed E-state index contributed by atoms with van der Waals surface area (Å²) in [7, 11) is -0.526. The highest BCUT2D eigenvalue weighted by Crippen LogP contribution is 2.20. The summed E-state index contributed by atoms with van der Waals surface area (Å²) < 4.78 is 27.4. The monoisotopic (exact) mass is 481 g/mol. The number of rotatable bonds is 6. The van der Waals surface area contributed by atoms with Gasteiger partial charge in [-0.1, -0.05) is 0 Å². The Hall–Kier alpha value is -3.50. The van der Waals surface area contributed by atoms with Crippen molar-refractivity contribution in [2.45, 2.75) is 11.8 Å². The van der Waals surface area contributed by atoms with Crippen LogP contribution in [-0.2, 0) is 10.0 Å². The van der Waals surface area contributed by atoms with Crippen molar-refractivity contribution in [3.05, 3.63) is 72.3 Å². The van der Waals surface area contributed by atoms with E-state index in [9.17, 15) is 18.0 Å². The molecule has 1 aliphatic heterocycles. The van der Waals surface area contributed by atoms with Crippen LogP contribution in [0.4, 0.5) is 5.69 Å². The fraction of sp³-hybridized carbons (Fsp3) is 0.292. The number of carbonyl (C=O) groups excluding carboxylic acids is 2. The molecule has 0 aliphatic carbocycles. The summed E-state index contributed by atoms with van der Waals surface area (Å²) in [5.74, 6) is -0.104. The number of aromatic nitrogens is 2. The van der Waals surface area contributed by atoms with Crippen molar-refractivity contribution in [1.29, 1.82) is 0 Å². The van der Waals surface area contributed by atoms with Crippen LogP contribution in [0.25, 0.3) is 5.69 Å². The third-order valence-corrected chi connectivity index (χ3v) is 7.75. The van der Waals surface area contributed by atoms with Gasteiger partial charge in [0.05, 0.1) is 4.90 Å². The highest BCUT2D eigenvalue weighted by molar-refractivity contribution is 7.89. The zero-order chi connectivity index (χ0) is 24.5. The second kappa shape index (κ2) is 9.40. The number of hydrogen-bond donors (Lipinski definition) is 0. The number of hydrogen-bond acceptors (Lipinski definition) is 6. The second-order valence-electron chi connectivity index (χ2n) is 8.33. The molecule has 1 saturated heterocycles. The van der Waals surface area contributed by atoms with Crippen LogP contribution in [0.3, 0.4) is 0 Å². The number of ketones is 1. The normalized spacial score (nSPS) is 14.5. The highest BCUT2D eigenvalue weighted by Gasteiger charge is 2.24. The molecule has 1 aromatic heterocycles.